The summed E-state index contributed by atoms with van der Waals surface area (Å²) in [5.74, 6) is -0.588. The van der Waals surface area contributed by atoms with E-state index in [-0.39, 0.29) is 41.9 Å². The Labute approximate surface area is 194 Å². The molecule has 0 spiro atoms. The van der Waals surface area contributed by atoms with Gasteiger partial charge in [0, 0.05) is 25.2 Å². The van der Waals surface area contributed by atoms with Crippen molar-refractivity contribution >= 4 is 11.8 Å². The Kier molecular flexibility index (Phi) is 6.98. The van der Waals surface area contributed by atoms with Crippen molar-refractivity contribution in [3.63, 3.8) is 0 Å². The molecule has 1 saturated heterocycles. The third-order valence-corrected chi connectivity index (χ3v) is 5.68. The summed E-state index contributed by atoms with van der Waals surface area (Å²) in [5, 5.41) is 3.03. The molecule has 1 aromatic heterocycles. The number of ether oxygens (including phenoxy) is 2. The van der Waals surface area contributed by atoms with Crippen LogP contribution in [-0.2, 0) is 4.79 Å². The minimum Gasteiger partial charge on any atom is -0.489 e. The van der Waals surface area contributed by atoms with Crippen LogP contribution in [0.5, 0.6) is 11.5 Å². The summed E-state index contributed by atoms with van der Waals surface area (Å²) in [4.78, 5) is 30.8. The molecule has 1 unspecified atom stereocenters. The van der Waals surface area contributed by atoms with E-state index in [1.54, 1.807) is 6.92 Å². The standard InChI is InChI=1S/C22H27F2N5O5/c1-11(25)18-17(21(31)29-7-6-27-9-14(29)19(26)30)28-20(34-18)13-4-5-15(33-22(23)24)16(8-13)32-10-12-2-3-12/h4-5,8,11-12,14,22,27H,2-3,6-7,9-10,25H2,1H3,(H2,26,30)/t11-,14?/m0/s1. The van der Waals surface area contributed by atoms with Gasteiger partial charge in [0.2, 0.25) is 11.8 Å². The van der Waals surface area contributed by atoms with Crippen molar-refractivity contribution in [2.24, 2.45) is 17.4 Å². The number of carbonyl (C=O) groups excluding carboxylic acids is 2. The highest BCUT2D eigenvalue weighted by Gasteiger charge is 2.35. The molecule has 4 rings (SSSR count). The van der Waals surface area contributed by atoms with E-state index in [1.807, 2.05) is 0 Å². The molecule has 0 bridgehead atoms. The molecule has 2 atom stereocenters. The lowest BCUT2D eigenvalue weighted by Gasteiger charge is -2.33. The van der Waals surface area contributed by atoms with Crippen LogP contribution >= 0.6 is 0 Å². The zero-order valence-electron chi connectivity index (χ0n) is 18.6. The second kappa shape index (κ2) is 9.94. The predicted octanol–water partition coefficient (Wildman–Crippen LogP) is 1.65. The van der Waals surface area contributed by atoms with Crippen molar-refractivity contribution in [2.45, 2.75) is 38.5 Å². The molecule has 12 heteroatoms. The molecule has 2 aliphatic rings. The first kappa shape index (κ1) is 23.9. The van der Waals surface area contributed by atoms with E-state index < -0.39 is 30.5 Å². The normalized spacial score (nSPS) is 19.2. The van der Waals surface area contributed by atoms with Gasteiger partial charge in [0.05, 0.1) is 12.6 Å². The second-order valence-electron chi connectivity index (χ2n) is 8.44. The first-order chi connectivity index (χ1) is 16.2. The number of benzene rings is 1. The van der Waals surface area contributed by atoms with Gasteiger partial charge in [-0.25, -0.2) is 4.98 Å². The van der Waals surface area contributed by atoms with Crippen molar-refractivity contribution in [3.05, 3.63) is 29.7 Å². The van der Waals surface area contributed by atoms with Gasteiger partial charge in [-0.3, -0.25) is 9.59 Å². The van der Waals surface area contributed by atoms with Crippen LogP contribution in [0.4, 0.5) is 8.78 Å². The summed E-state index contributed by atoms with van der Waals surface area (Å²) in [6.07, 6.45) is 2.04. The predicted molar refractivity (Wildman–Crippen MR) is 116 cm³/mol. The number of primary amides is 1. The number of nitrogens with one attached hydrogen (secondary N) is 1. The quantitative estimate of drug-likeness (QED) is 0.492. The molecule has 1 aromatic carbocycles. The first-order valence-corrected chi connectivity index (χ1v) is 11.0. The number of amides is 2. The van der Waals surface area contributed by atoms with Crippen molar-refractivity contribution in [1.29, 1.82) is 0 Å². The number of nitrogens with zero attached hydrogens (tertiary/aromatic N) is 2. The topological polar surface area (TPSA) is 146 Å². The maximum Gasteiger partial charge on any atom is 0.387 e. The molecule has 2 heterocycles. The lowest BCUT2D eigenvalue weighted by molar-refractivity contribution is -0.122. The van der Waals surface area contributed by atoms with Crippen molar-refractivity contribution in [1.82, 2.24) is 15.2 Å². The Morgan fingerprint density at radius 3 is 2.74 bits per heavy atom. The van der Waals surface area contributed by atoms with Gasteiger partial charge in [0.25, 0.3) is 5.91 Å². The Hall–Kier alpha value is -3.25. The molecule has 10 nitrogen and oxygen atoms in total. The summed E-state index contributed by atoms with van der Waals surface area (Å²) in [6, 6.07) is 2.77. The second-order valence-corrected chi connectivity index (χ2v) is 8.44. The van der Waals surface area contributed by atoms with Crippen LogP contribution in [0.25, 0.3) is 11.5 Å². The highest BCUT2D eigenvalue weighted by atomic mass is 19.3. The van der Waals surface area contributed by atoms with Gasteiger partial charge in [-0.05, 0) is 43.9 Å². The van der Waals surface area contributed by atoms with E-state index in [9.17, 15) is 18.4 Å². The maximum absolute atomic E-state index is 13.3. The van der Waals surface area contributed by atoms with Crippen molar-refractivity contribution < 1.29 is 32.3 Å². The molecule has 2 fully saturated rings. The highest BCUT2D eigenvalue weighted by Crippen LogP contribution is 2.37. The van der Waals surface area contributed by atoms with Gasteiger partial charge < -0.3 is 35.6 Å². The lowest BCUT2D eigenvalue weighted by Crippen LogP contribution is -2.58. The van der Waals surface area contributed by atoms with Crippen LogP contribution in [0.1, 0.15) is 42.1 Å². The summed E-state index contributed by atoms with van der Waals surface area (Å²) in [6.45, 7) is -0.0313. The summed E-state index contributed by atoms with van der Waals surface area (Å²) < 4.78 is 41.8. The number of hydrogen-bond acceptors (Lipinski definition) is 8. The third-order valence-electron chi connectivity index (χ3n) is 5.68. The van der Waals surface area contributed by atoms with Crippen molar-refractivity contribution in [2.75, 3.05) is 26.2 Å². The molecule has 1 saturated carbocycles. The largest absolute Gasteiger partial charge is 0.489 e. The van der Waals surface area contributed by atoms with Gasteiger partial charge in [-0.1, -0.05) is 0 Å². The highest BCUT2D eigenvalue weighted by molar-refractivity contribution is 5.97. The average molecular weight is 479 g/mol. The monoisotopic (exact) mass is 479 g/mol. The molecule has 5 N–H and O–H groups in total. The molecule has 184 valence electrons. The summed E-state index contributed by atoms with van der Waals surface area (Å²) in [5.41, 5.74) is 11.8. The lowest BCUT2D eigenvalue weighted by atomic mass is 10.1. The van der Waals surface area contributed by atoms with Gasteiger partial charge >= 0.3 is 6.61 Å². The average Bonchev–Trinajstić information content (AvgIpc) is 3.52. The minimum absolute atomic E-state index is 0.0356. The molecular formula is C22H27F2N5O5. The van der Waals surface area contributed by atoms with Gasteiger partial charge in [-0.2, -0.15) is 8.78 Å². The Morgan fingerprint density at radius 2 is 2.09 bits per heavy atom. The van der Waals surface area contributed by atoms with Gasteiger partial charge in [0.1, 0.15) is 6.04 Å². The molecule has 0 radical (unpaired) electrons. The molecule has 1 aliphatic carbocycles. The van der Waals surface area contributed by atoms with E-state index in [4.69, 9.17) is 20.6 Å². The number of piperazine rings is 1. The van der Waals surface area contributed by atoms with Crippen molar-refractivity contribution in [3.8, 4) is 23.0 Å². The number of nitrogens with two attached hydrogens (primary N) is 2. The summed E-state index contributed by atoms with van der Waals surface area (Å²) in [7, 11) is 0. The number of oxazole rings is 1. The van der Waals surface area contributed by atoms with Crippen LogP contribution in [0, 0.1) is 5.92 Å². The maximum atomic E-state index is 13.3. The fourth-order valence-corrected chi connectivity index (χ4v) is 3.69. The van der Waals surface area contributed by atoms with Crippen LogP contribution < -0.4 is 26.3 Å². The molecular weight excluding hydrogens is 452 g/mol. The number of hydrogen-bond donors (Lipinski definition) is 3. The van der Waals surface area contributed by atoms with Crippen LogP contribution in [0.3, 0.4) is 0 Å². The smallest absolute Gasteiger partial charge is 0.387 e. The minimum atomic E-state index is -3.01. The number of alkyl halides is 2. The zero-order chi connectivity index (χ0) is 24.4. The van der Waals surface area contributed by atoms with E-state index in [0.29, 0.717) is 24.6 Å². The first-order valence-electron chi connectivity index (χ1n) is 11.0. The van der Waals surface area contributed by atoms with Crippen LogP contribution in [0.2, 0.25) is 0 Å². The van der Waals surface area contributed by atoms with Crippen LogP contribution in [-0.4, -0.2) is 60.6 Å². The summed E-state index contributed by atoms with van der Waals surface area (Å²) >= 11 is 0. The van der Waals surface area contributed by atoms with E-state index in [0.717, 1.165) is 12.8 Å². The third kappa shape index (κ3) is 5.28. The van der Waals surface area contributed by atoms with E-state index in [2.05, 4.69) is 15.0 Å². The number of aromatic nitrogens is 1. The van der Waals surface area contributed by atoms with E-state index in [1.165, 1.54) is 23.1 Å². The fraction of sp³-hybridized carbons (Fsp3) is 0.500. The molecule has 2 amide bonds. The molecule has 1 aliphatic heterocycles. The van der Waals surface area contributed by atoms with Gasteiger partial charge in [-0.15, -0.1) is 0 Å². The molecule has 34 heavy (non-hydrogen) atoms. The van der Waals surface area contributed by atoms with Crippen LogP contribution in [0.15, 0.2) is 22.6 Å². The fourth-order valence-electron chi connectivity index (χ4n) is 3.69. The SMILES string of the molecule is C[C@H](N)c1oc(-c2ccc(OC(F)F)c(OCC3CC3)c2)nc1C(=O)N1CCNCC1C(N)=O. The number of rotatable bonds is 9. The Balaban J connectivity index is 1.67. The molecule has 2 aromatic rings. The van der Waals surface area contributed by atoms with E-state index >= 15 is 0 Å². The number of halogens is 2. The number of carbonyl (C=O) groups is 2. The van der Waals surface area contributed by atoms with Gasteiger partial charge in [0.15, 0.2) is 23.0 Å². The Morgan fingerprint density at radius 1 is 1.32 bits per heavy atom. The Bertz CT molecular complexity index is 1060. The zero-order valence-corrected chi connectivity index (χ0v) is 18.6.